The van der Waals surface area contributed by atoms with Crippen LogP contribution in [0.25, 0.3) is 0 Å². The number of nitrogens with zero attached hydrogens (tertiary/aromatic N) is 2. The van der Waals surface area contributed by atoms with Gasteiger partial charge in [-0.2, -0.15) is 5.10 Å². The first-order valence-corrected chi connectivity index (χ1v) is 5.95. The van der Waals surface area contributed by atoms with Crippen LogP contribution in [0.4, 0.5) is 0 Å². The molecule has 1 saturated heterocycles. The van der Waals surface area contributed by atoms with Crippen molar-refractivity contribution >= 4 is 6.21 Å². The van der Waals surface area contributed by atoms with Crippen LogP contribution in [0.15, 0.2) is 23.3 Å². The van der Waals surface area contributed by atoms with Crippen LogP contribution >= 0.6 is 0 Å². The minimum Gasteiger partial charge on any atom is -0.504 e. The van der Waals surface area contributed by atoms with Gasteiger partial charge in [-0.3, -0.25) is 5.01 Å². The Morgan fingerprint density at radius 1 is 1.29 bits per heavy atom. The molecule has 17 heavy (non-hydrogen) atoms. The van der Waals surface area contributed by atoms with Gasteiger partial charge in [0.05, 0.1) is 13.3 Å². The summed E-state index contributed by atoms with van der Waals surface area (Å²) < 4.78 is 5.05. The van der Waals surface area contributed by atoms with Crippen molar-refractivity contribution in [2.24, 2.45) is 5.10 Å². The molecule has 92 valence electrons. The maximum Gasteiger partial charge on any atom is 0.161 e. The van der Waals surface area contributed by atoms with Crippen LogP contribution in [0, 0.1) is 0 Å². The molecular weight excluding hydrogens is 216 g/mol. The lowest BCUT2D eigenvalue weighted by atomic mass is 10.2. The number of phenols is 1. The van der Waals surface area contributed by atoms with Gasteiger partial charge < -0.3 is 9.84 Å². The number of benzene rings is 1. The highest BCUT2D eigenvalue weighted by molar-refractivity contribution is 5.80. The van der Waals surface area contributed by atoms with Crippen molar-refractivity contribution in [2.75, 3.05) is 20.2 Å². The van der Waals surface area contributed by atoms with E-state index in [9.17, 15) is 5.11 Å². The second-order valence-electron chi connectivity index (χ2n) is 4.19. The van der Waals surface area contributed by atoms with Crippen LogP contribution in [-0.4, -0.2) is 36.5 Å². The Kier molecular flexibility index (Phi) is 3.85. The molecule has 0 radical (unpaired) electrons. The molecule has 0 atom stereocenters. The summed E-state index contributed by atoms with van der Waals surface area (Å²) in [7, 11) is 1.54. The van der Waals surface area contributed by atoms with E-state index >= 15 is 0 Å². The zero-order chi connectivity index (χ0) is 12.1. The van der Waals surface area contributed by atoms with E-state index in [1.165, 1.54) is 19.3 Å². The van der Waals surface area contributed by atoms with E-state index in [4.69, 9.17) is 4.74 Å². The van der Waals surface area contributed by atoms with Crippen LogP contribution in [0.1, 0.15) is 24.8 Å². The number of hydrogen-bond acceptors (Lipinski definition) is 4. The minimum atomic E-state index is 0.155. The second-order valence-corrected chi connectivity index (χ2v) is 4.19. The average molecular weight is 234 g/mol. The number of methoxy groups -OCH3 is 1. The van der Waals surface area contributed by atoms with Crippen LogP contribution in [0.5, 0.6) is 11.5 Å². The van der Waals surface area contributed by atoms with E-state index in [1.807, 2.05) is 12.3 Å². The molecule has 0 amide bonds. The van der Waals surface area contributed by atoms with E-state index in [0.717, 1.165) is 18.7 Å². The topological polar surface area (TPSA) is 45.1 Å². The Morgan fingerprint density at radius 2 is 2.06 bits per heavy atom. The Balaban J connectivity index is 2.04. The minimum absolute atomic E-state index is 0.155. The number of ether oxygens (including phenoxy) is 1. The predicted octanol–water partition coefficient (Wildman–Crippen LogP) is 2.22. The maximum atomic E-state index is 9.47. The van der Waals surface area contributed by atoms with Crippen molar-refractivity contribution in [1.29, 1.82) is 0 Å². The summed E-state index contributed by atoms with van der Waals surface area (Å²) in [5, 5.41) is 16.0. The van der Waals surface area contributed by atoms with E-state index in [2.05, 4.69) is 10.1 Å². The molecule has 1 N–H and O–H groups in total. The summed E-state index contributed by atoms with van der Waals surface area (Å²) in [6.45, 7) is 2.07. The lowest BCUT2D eigenvalue weighted by Gasteiger charge is -2.23. The molecule has 1 aliphatic rings. The third kappa shape index (κ3) is 3.12. The second kappa shape index (κ2) is 5.57. The molecule has 0 unspecified atom stereocenters. The van der Waals surface area contributed by atoms with E-state index in [-0.39, 0.29) is 5.75 Å². The van der Waals surface area contributed by atoms with Gasteiger partial charge in [0, 0.05) is 13.1 Å². The molecule has 4 nitrogen and oxygen atoms in total. The highest BCUT2D eigenvalue weighted by Crippen LogP contribution is 2.25. The van der Waals surface area contributed by atoms with Gasteiger partial charge in [-0.05, 0) is 43.0 Å². The summed E-state index contributed by atoms with van der Waals surface area (Å²) in [6.07, 6.45) is 5.55. The Morgan fingerprint density at radius 3 is 2.76 bits per heavy atom. The quantitative estimate of drug-likeness (QED) is 0.816. The smallest absolute Gasteiger partial charge is 0.161 e. The first-order valence-electron chi connectivity index (χ1n) is 5.95. The molecule has 1 heterocycles. The van der Waals surface area contributed by atoms with Crippen LogP contribution in [0.2, 0.25) is 0 Å². The molecule has 0 saturated carbocycles. The van der Waals surface area contributed by atoms with Gasteiger partial charge in [0.2, 0.25) is 0 Å². The monoisotopic (exact) mass is 234 g/mol. The zero-order valence-corrected chi connectivity index (χ0v) is 10.1. The standard InChI is InChI=1S/C13H18N2O2/c1-17-13-9-11(5-6-12(13)16)10-14-15-7-3-2-4-8-15/h5-6,9-10,16H,2-4,7-8H2,1H3. The van der Waals surface area contributed by atoms with Crippen molar-refractivity contribution in [1.82, 2.24) is 5.01 Å². The number of piperidine rings is 1. The molecule has 1 aliphatic heterocycles. The molecule has 0 bridgehead atoms. The number of rotatable bonds is 3. The third-order valence-electron chi connectivity index (χ3n) is 2.91. The van der Waals surface area contributed by atoms with Gasteiger partial charge in [0.1, 0.15) is 0 Å². The van der Waals surface area contributed by atoms with Crippen LogP contribution in [-0.2, 0) is 0 Å². The summed E-state index contributed by atoms with van der Waals surface area (Å²) in [5.74, 6) is 0.634. The number of hydrogen-bond donors (Lipinski definition) is 1. The normalized spacial score (nSPS) is 16.4. The van der Waals surface area contributed by atoms with Crippen LogP contribution in [0.3, 0.4) is 0 Å². The third-order valence-corrected chi connectivity index (χ3v) is 2.91. The van der Waals surface area contributed by atoms with Crippen LogP contribution < -0.4 is 4.74 Å². The lowest BCUT2D eigenvalue weighted by molar-refractivity contribution is 0.240. The summed E-state index contributed by atoms with van der Waals surface area (Å²) >= 11 is 0. The first-order chi connectivity index (χ1) is 8.29. The van der Waals surface area contributed by atoms with Gasteiger partial charge >= 0.3 is 0 Å². The molecule has 1 aromatic rings. The fourth-order valence-electron chi connectivity index (χ4n) is 1.92. The Labute approximate surface area is 102 Å². The maximum absolute atomic E-state index is 9.47. The SMILES string of the molecule is COc1cc(C=NN2CCCCC2)ccc1O. The first kappa shape index (κ1) is 11.8. The van der Waals surface area contributed by atoms with Gasteiger partial charge in [-0.15, -0.1) is 0 Å². The summed E-state index contributed by atoms with van der Waals surface area (Å²) in [4.78, 5) is 0. The Hall–Kier alpha value is -1.71. The van der Waals surface area contributed by atoms with Crippen molar-refractivity contribution in [3.05, 3.63) is 23.8 Å². The predicted molar refractivity (Wildman–Crippen MR) is 67.7 cm³/mol. The van der Waals surface area contributed by atoms with Crippen molar-refractivity contribution in [3.8, 4) is 11.5 Å². The van der Waals surface area contributed by atoms with E-state index in [1.54, 1.807) is 19.2 Å². The fourth-order valence-corrected chi connectivity index (χ4v) is 1.92. The van der Waals surface area contributed by atoms with Gasteiger partial charge in [-0.25, -0.2) is 0 Å². The largest absolute Gasteiger partial charge is 0.504 e. The van der Waals surface area contributed by atoms with Gasteiger partial charge in [0.25, 0.3) is 0 Å². The molecule has 2 rings (SSSR count). The van der Waals surface area contributed by atoms with Gasteiger partial charge in [-0.1, -0.05) is 0 Å². The zero-order valence-electron chi connectivity index (χ0n) is 10.1. The molecule has 1 fully saturated rings. The number of hydrazone groups is 1. The Bertz CT molecular complexity index is 398. The summed E-state index contributed by atoms with van der Waals surface area (Å²) in [5.41, 5.74) is 0.935. The number of aromatic hydroxyl groups is 1. The molecule has 0 spiro atoms. The van der Waals surface area contributed by atoms with Crippen molar-refractivity contribution < 1.29 is 9.84 Å². The number of phenolic OH excluding ortho intramolecular Hbond substituents is 1. The molecule has 1 aromatic carbocycles. The lowest BCUT2D eigenvalue weighted by Crippen LogP contribution is -2.24. The van der Waals surface area contributed by atoms with Crippen molar-refractivity contribution in [2.45, 2.75) is 19.3 Å². The molecule has 0 aliphatic carbocycles. The van der Waals surface area contributed by atoms with E-state index < -0.39 is 0 Å². The average Bonchev–Trinajstić information content (AvgIpc) is 2.39. The van der Waals surface area contributed by atoms with E-state index in [0.29, 0.717) is 5.75 Å². The molecular formula is C13H18N2O2. The molecule has 0 aromatic heterocycles. The fraction of sp³-hybridized carbons (Fsp3) is 0.462. The highest BCUT2D eigenvalue weighted by atomic mass is 16.5. The van der Waals surface area contributed by atoms with Crippen molar-refractivity contribution in [3.63, 3.8) is 0 Å². The van der Waals surface area contributed by atoms with Gasteiger partial charge in [0.15, 0.2) is 11.5 Å². The molecule has 4 heteroatoms. The highest BCUT2D eigenvalue weighted by Gasteiger charge is 2.06. The summed E-state index contributed by atoms with van der Waals surface area (Å²) in [6, 6.07) is 5.23.